The Morgan fingerprint density at radius 3 is 2.74 bits per heavy atom. The fraction of sp³-hybridized carbons (Fsp3) is 0.467. The Morgan fingerprint density at radius 2 is 2.16 bits per heavy atom. The van der Waals surface area contributed by atoms with Gasteiger partial charge in [-0.3, -0.25) is 0 Å². The van der Waals surface area contributed by atoms with Gasteiger partial charge in [0, 0.05) is 10.5 Å². The van der Waals surface area contributed by atoms with Crippen molar-refractivity contribution in [2.75, 3.05) is 20.3 Å². The first-order chi connectivity index (χ1) is 9.08. The molecule has 19 heavy (non-hydrogen) atoms. The zero-order valence-corrected chi connectivity index (χ0v) is 13.4. The Balaban J connectivity index is 2.79. The summed E-state index contributed by atoms with van der Waals surface area (Å²) in [6.07, 6.45) is 1.12. The molecule has 0 aliphatic heterocycles. The number of hydrogen-bond donors (Lipinski definition) is 1. The summed E-state index contributed by atoms with van der Waals surface area (Å²) in [5.41, 5.74) is 1.19. The lowest BCUT2D eigenvalue weighted by atomic mass is 10.1. The Labute approximate surface area is 124 Å². The molecule has 0 radical (unpaired) electrons. The molecule has 3 nitrogen and oxygen atoms in total. The maximum atomic E-state index is 5.61. The van der Waals surface area contributed by atoms with Crippen molar-refractivity contribution in [2.24, 2.45) is 0 Å². The van der Waals surface area contributed by atoms with E-state index in [9.17, 15) is 0 Å². The van der Waals surface area contributed by atoms with E-state index in [-0.39, 0.29) is 0 Å². The molecule has 4 heteroatoms. The van der Waals surface area contributed by atoms with Crippen LogP contribution in [-0.2, 0) is 0 Å². The van der Waals surface area contributed by atoms with Gasteiger partial charge in [0.2, 0.25) is 0 Å². The van der Waals surface area contributed by atoms with E-state index in [2.05, 4.69) is 47.7 Å². The monoisotopic (exact) mass is 327 g/mol. The van der Waals surface area contributed by atoms with E-state index in [0.29, 0.717) is 12.6 Å². The molecule has 1 aromatic rings. The van der Waals surface area contributed by atoms with E-state index < -0.39 is 0 Å². The highest BCUT2D eigenvalue weighted by Gasteiger charge is 2.10. The Morgan fingerprint density at radius 1 is 1.42 bits per heavy atom. The molecular weight excluding hydrogens is 306 g/mol. The van der Waals surface area contributed by atoms with Crippen LogP contribution in [0.1, 0.15) is 31.9 Å². The molecule has 0 spiro atoms. The van der Waals surface area contributed by atoms with E-state index in [4.69, 9.17) is 9.47 Å². The molecule has 106 valence electrons. The molecule has 0 bridgehead atoms. The zero-order valence-electron chi connectivity index (χ0n) is 11.8. The Bertz CT molecular complexity index is 421. The van der Waals surface area contributed by atoms with Crippen molar-refractivity contribution in [3.8, 4) is 11.5 Å². The Hall–Kier alpha value is -1.00. The van der Waals surface area contributed by atoms with Crippen molar-refractivity contribution in [1.82, 2.24) is 5.32 Å². The quantitative estimate of drug-likeness (QED) is 0.781. The van der Waals surface area contributed by atoms with Crippen LogP contribution in [0.25, 0.3) is 0 Å². The summed E-state index contributed by atoms with van der Waals surface area (Å²) in [5, 5.41) is 3.45. The average Bonchev–Trinajstić information content (AvgIpc) is 2.42. The largest absolute Gasteiger partial charge is 0.493 e. The van der Waals surface area contributed by atoms with Crippen molar-refractivity contribution < 1.29 is 9.47 Å². The van der Waals surface area contributed by atoms with E-state index in [1.54, 1.807) is 7.11 Å². The van der Waals surface area contributed by atoms with Crippen LogP contribution < -0.4 is 14.8 Å². The number of nitrogens with one attached hydrogen (secondary N) is 1. The van der Waals surface area contributed by atoms with Crippen LogP contribution in [0.15, 0.2) is 29.3 Å². The molecule has 0 aliphatic carbocycles. The normalized spacial score (nSPS) is 12.0. The van der Waals surface area contributed by atoms with Gasteiger partial charge in [-0.25, -0.2) is 0 Å². The van der Waals surface area contributed by atoms with Crippen LogP contribution >= 0.6 is 15.9 Å². The molecule has 1 unspecified atom stereocenters. The molecule has 1 atom stereocenters. The molecule has 0 heterocycles. The molecule has 0 aromatic heterocycles. The third-order valence-corrected chi connectivity index (χ3v) is 3.00. The number of rotatable bonds is 8. The van der Waals surface area contributed by atoms with Gasteiger partial charge in [0.05, 0.1) is 7.11 Å². The molecule has 1 N–H and O–H groups in total. The summed E-state index contributed by atoms with van der Waals surface area (Å²) >= 11 is 3.27. The van der Waals surface area contributed by atoms with Crippen molar-refractivity contribution in [3.05, 3.63) is 34.8 Å². The zero-order chi connectivity index (χ0) is 14.3. The fourth-order valence-electron chi connectivity index (χ4n) is 1.71. The molecule has 0 saturated carbocycles. The van der Waals surface area contributed by atoms with Gasteiger partial charge in [0.15, 0.2) is 11.5 Å². The average molecular weight is 328 g/mol. The number of hydrogen-bond acceptors (Lipinski definition) is 3. The number of halogens is 1. The molecule has 1 rings (SSSR count). The number of methoxy groups -OCH3 is 1. The maximum Gasteiger partial charge on any atom is 0.161 e. The highest BCUT2D eigenvalue weighted by Crippen LogP contribution is 2.30. The molecule has 0 saturated heterocycles. The molecule has 0 amide bonds. The van der Waals surface area contributed by atoms with Crippen LogP contribution in [-0.4, -0.2) is 20.3 Å². The first-order valence-electron chi connectivity index (χ1n) is 6.45. The predicted molar refractivity (Wildman–Crippen MR) is 83.3 cm³/mol. The van der Waals surface area contributed by atoms with E-state index >= 15 is 0 Å². The van der Waals surface area contributed by atoms with Gasteiger partial charge in [-0.2, -0.15) is 0 Å². The molecule has 0 fully saturated rings. The highest BCUT2D eigenvalue weighted by molar-refractivity contribution is 9.11. The van der Waals surface area contributed by atoms with Crippen LogP contribution in [0.2, 0.25) is 0 Å². The second kappa shape index (κ2) is 8.23. The summed E-state index contributed by atoms with van der Waals surface area (Å²) in [4.78, 5) is 0. The minimum atomic E-state index is 0.300. The van der Waals surface area contributed by atoms with E-state index in [0.717, 1.165) is 28.9 Å². The Kier molecular flexibility index (Phi) is 6.95. The van der Waals surface area contributed by atoms with Gasteiger partial charge in [-0.05, 0) is 37.6 Å². The summed E-state index contributed by atoms with van der Waals surface area (Å²) < 4.78 is 11.8. The van der Waals surface area contributed by atoms with Crippen LogP contribution in [0.4, 0.5) is 0 Å². The van der Waals surface area contributed by atoms with Gasteiger partial charge < -0.3 is 14.8 Å². The van der Waals surface area contributed by atoms with Crippen LogP contribution in [0.3, 0.4) is 0 Å². The van der Waals surface area contributed by atoms with Crippen LogP contribution in [0, 0.1) is 0 Å². The number of benzene rings is 1. The van der Waals surface area contributed by atoms with E-state index in [1.807, 2.05) is 12.1 Å². The smallest absolute Gasteiger partial charge is 0.161 e. The topological polar surface area (TPSA) is 30.5 Å². The second-order valence-electron chi connectivity index (χ2n) is 4.39. The second-order valence-corrected chi connectivity index (χ2v) is 5.51. The van der Waals surface area contributed by atoms with Gasteiger partial charge in [-0.15, -0.1) is 0 Å². The standard InChI is InChI=1S/C15H22BrNO2/c1-5-8-17-12(3)13-6-7-14(15(9-13)18-4)19-10-11(2)16/h6-7,9,12,17H,2,5,8,10H2,1,3-4H3. The number of ether oxygens (including phenoxy) is 2. The van der Waals surface area contributed by atoms with Crippen molar-refractivity contribution in [2.45, 2.75) is 26.3 Å². The third-order valence-electron chi connectivity index (χ3n) is 2.77. The van der Waals surface area contributed by atoms with Crippen molar-refractivity contribution in [3.63, 3.8) is 0 Å². The summed E-state index contributed by atoms with van der Waals surface area (Å²) in [6.45, 7) is 9.48. The first-order valence-corrected chi connectivity index (χ1v) is 7.25. The fourth-order valence-corrected chi connectivity index (χ4v) is 1.82. The van der Waals surface area contributed by atoms with Gasteiger partial charge in [0.25, 0.3) is 0 Å². The molecule has 0 aliphatic rings. The lowest BCUT2D eigenvalue weighted by Gasteiger charge is -2.16. The van der Waals surface area contributed by atoms with Crippen molar-refractivity contribution in [1.29, 1.82) is 0 Å². The van der Waals surface area contributed by atoms with E-state index in [1.165, 1.54) is 5.56 Å². The van der Waals surface area contributed by atoms with Crippen LogP contribution in [0.5, 0.6) is 11.5 Å². The highest BCUT2D eigenvalue weighted by atomic mass is 79.9. The predicted octanol–water partition coefficient (Wildman–Crippen LogP) is 4.04. The summed E-state index contributed by atoms with van der Waals surface area (Å²) in [5.74, 6) is 1.48. The van der Waals surface area contributed by atoms with Gasteiger partial charge >= 0.3 is 0 Å². The van der Waals surface area contributed by atoms with Crippen molar-refractivity contribution >= 4 is 15.9 Å². The minimum Gasteiger partial charge on any atom is -0.493 e. The molecule has 1 aromatic carbocycles. The lowest BCUT2D eigenvalue weighted by molar-refractivity contribution is 0.324. The maximum absolute atomic E-state index is 5.61. The van der Waals surface area contributed by atoms with Gasteiger partial charge in [-0.1, -0.05) is 35.5 Å². The summed E-state index contributed by atoms with van der Waals surface area (Å²) in [7, 11) is 1.65. The molecular formula is C15H22BrNO2. The first kappa shape index (κ1) is 16.1. The van der Waals surface area contributed by atoms with Gasteiger partial charge in [0.1, 0.15) is 6.61 Å². The lowest BCUT2D eigenvalue weighted by Crippen LogP contribution is -2.19. The summed E-state index contributed by atoms with van der Waals surface area (Å²) in [6, 6.07) is 6.31. The third kappa shape index (κ3) is 5.25. The minimum absolute atomic E-state index is 0.300. The SMILES string of the molecule is C=C(Br)COc1ccc(C(C)NCCC)cc1OC.